The van der Waals surface area contributed by atoms with Gasteiger partial charge in [-0.2, -0.15) is 0 Å². The minimum atomic E-state index is -3.96. The van der Waals surface area contributed by atoms with E-state index in [9.17, 15) is 16.8 Å². The van der Waals surface area contributed by atoms with E-state index in [1.807, 2.05) is 20.8 Å². The summed E-state index contributed by atoms with van der Waals surface area (Å²) in [7, 11) is -7.85. The fourth-order valence-electron chi connectivity index (χ4n) is 2.28. The lowest BCUT2D eigenvalue weighted by atomic mass is 10.1. The van der Waals surface area contributed by atoms with Crippen LogP contribution in [0.25, 0.3) is 0 Å². The molecule has 0 heterocycles. The maximum Gasteiger partial charge on any atom is 0.261 e. The molecule has 0 bridgehead atoms. The number of benzene rings is 2. The van der Waals surface area contributed by atoms with E-state index in [1.165, 1.54) is 24.3 Å². The molecule has 9 heteroatoms. The average molecular weight is 398 g/mol. The predicted molar refractivity (Wildman–Crippen MR) is 103 cm³/mol. The van der Waals surface area contributed by atoms with Crippen molar-refractivity contribution in [2.75, 3.05) is 16.6 Å². The van der Waals surface area contributed by atoms with Gasteiger partial charge in [-0.3, -0.25) is 4.72 Å². The number of nitrogens with one attached hydrogen (secondary N) is 2. The van der Waals surface area contributed by atoms with Gasteiger partial charge in [0.15, 0.2) is 0 Å². The van der Waals surface area contributed by atoms with E-state index in [-0.39, 0.29) is 15.5 Å². The van der Waals surface area contributed by atoms with Gasteiger partial charge in [0.25, 0.3) is 10.0 Å². The maximum absolute atomic E-state index is 12.7. The highest BCUT2D eigenvalue weighted by Crippen LogP contribution is 2.28. The summed E-state index contributed by atoms with van der Waals surface area (Å²) in [6.07, 6.45) is 0.820. The van der Waals surface area contributed by atoms with Crippen LogP contribution in [0.4, 0.5) is 11.4 Å². The molecule has 0 fully saturated rings. The van der Waals surface area contributed by atoms with Crippen LogP contribution in [0.15, 0.2) is 46.2 Å². The first-order chi connectivity index (χ1) is 12.0. The fraction of sp³-hybridized carbons (Fsp3) is 0.294. The molecule has 142 valence electrons. The lowest BCUT2D eigenvalue weighted by molar-refractivity contribution is 0.596. The third kappa shape index (κ3) is 4.75. The summed E-state index contributed by atoms with van der Waals surface area (Å²) in [5.74, 6) is 0. The topological polar surface area (TPSA) is 118 Å². The molecular formula is C17H23N3O4S2. The highest BCUT2D eigenvalue weighted by molar-refractivity contribution is 7.92. The third-order valence-electron chi connectivity index (χ3n) is 3.92. The largest absolute Gasteiger partial charge is 0.383 e. The molecule has 0 radical (unpaired) electrons. The first kappa shape index (κ1) is 20.2. The lowest BCUT2D eigenvalue weighted by Gasteiger charge is -2.15. The molecule has 26 heavy (non-hydrogen) atoms. The van der Waals surface area contributed by atoms with Crippen molar-refractivity contribution in [3.63, 3.8) is 0 Å². The van der Waals surface area contributed by atoms with Gasteiger partial charge < -0.3 is 5.32 Å². The molecule has 0 saturated carbocycles. The van der Waals surface area contributed by atoms with Crippen LogP contribution in [0.5, 0.6) is 0 Å². The minimum absolute atomic E-state index is 0.100. The number of rotatable bonds is 7. The van der Waals surface area contributed by atoms with Crippen molar-refractivity contribution in [2.24, 2.45) is 5.14 Å². The Balaban J connectivity index is 2.49. The van der Waals surface area contributed by atoms with E-state index in [0.29, 0.717) is 12.2 Å². The zero-order valence-electron chi connectivity index (χ0n) is 14.9. The first-order valence-electron chi connectivity index (χ1n) is 8.05. The Hall–Kier alpha value is -2.10. The molecule has 0 spiro atoms. The molecule has 0 atom stereocenters. The van der Waals surface area contributed by atoms with Gasteiger partial charge in [0, 0.05) is 6.54 Å². The quantitative estimate of drug-likeness (QED) is 0.663. The van der Waals surface area contributed by atoms with E-state index in [4.69, 9.17) is 5.14 Å². The van der Waals surface area contributed by atoms with Gasteiger partial charge in [-0.1, -0.05) is 13.0 Å². The van der Waals surface area contributed by atoms with Gasteiger partial charge in [-0.05, 0) is 61.7 Å². The number of nitrogens with two attached hydrogens (primary N) is 1. The van der Waals surface area contributed by atoms with Crippen molar-refractivity contribution < 1.29 is 16.8 Å². The van der Waals surface area contributed by atoms with Crippen LogP contribution in [0.3, 0.4) is 0 Å². The fourth-order valence-corrected chi connectivity index (χ4v) is 3.98. The molecular weight excluding hydrogens is 374 g/mol. The van der Waals surface area contributed by atoms with E-state index >= 15 is 0 Å². The molecule has 0 aromatic heterocycles. The zero-order valence-corrected chi connectivity index (χ0v) is 16.5. The lowest BCUT2D eigenvalue weighted by Crippen LogP contribution is -2.17. The predicted octanol–water partition coefficient (Wildman–Crippen LogP) is 2.57. The monoisotopic (exact) mass is 397 g/mol. The van der Waals surface area contributed by atoms with Crippen LogP contribution in [-0.4, -0.2) is 23.4 Å². The zero-order chi connectivity index (χ0) is 19.5. The summed E-state index contributed by atoms with van der Waals surface area (Å²) >= 11 is 0. The van der Waals surface area contributed by atoms with Crippen LogP contribution in [0.1, 0.15) is 24.5 Å². The number of aryl methyl sites for hydroxylation is 2. The number of hydrogen-bond acceptors (Lipinski definition) is 5. The summed E-state index contributed by atoms with van der Waals surface area (Å²) in [5, 5.41) is 8.24. The van der Waals surface area contributed by atoms with E-state index < -0.39 is 20.0 Å². The average Bonchev–Trinajstić information content (AvgIpc) is 2.54. The Morgan fingerprint density at radius 3 is 2.12 bits per heavy atom. The molecule has 0 saturated heterocycles. The molecule has 2 aromatic carbocycles. The molecule has 2 aromatic rings. The Labute approximate surface area is 154 Å². The second-order valence-corrected chi connectivity index (χ2v) is 9.27. The maximum atomic E-state index is 12.7. The van der Waals surface area contributed by atoms with Crippen molar-refractivity contribution in [1.29, 1.82) is 0 Å². The van der Waals surface area contributed by atoms with Gasteiger partial charge in [0.05, 0.1) is 21.2 Å². The van der Waals surface area contributed by atoms with Crippen molar-refractivity contribution in [3.05, 3.63) is 47.5 Å². The molecule has 0 unspecified atom stereocenters. The summed E-state index contributed by atoms with van der Waals surface area (Å²) in [4.78, 5) is -0.0691. The highest BCUT2D eigenvalue weighted by atomic mass is 32.2. The van der Waals surface area contributed by atoms with Crippen molar-refractivity contribution in [1.82, 2.24) is 0 Å². The van der Waals surface area contributed by atoms with Crippen LogP contribution in [0.2, 0.25) is 0 Å². The Morgan fingerprint density at radius 1 is 0.885 bits per heavy atom. The minimum Gasteiger partial charge on any atom is -0.383 e. The second kappa shape index (κ2) is 7.65. The van der Waals surface area contributed by atoms with Gasteiger partial charge in [-0.15, -0.1) is 0 Å². The van der Waals surface area contributed by atoms with E-state index in [2.05, 4.69) is 10.0 Å². The van der Waals surface area contributed by atoms with Crippen LogP contribution in [-0.2, 0) is 20.0 Å². The smallest absolute Gasteiger partial charge is 0.261 e. The van der Waals surface area contributed by atoms with Crippen molar-refractivity contribution >= 4 is 31.4 Å². The second-order valence-electron chi connectivity index (χ2n) is 6.03. The summed E-state index contributed by atoms with van der Waals surface area (Å²) < 4.78 is 51.1. The molecule has 0 aliphatic rings. The van der Waals surface area contributed by atoms with E-state index in [0.717, 1.165) is 17.5 Å². The molecule has 7 nitrogen and oxygen atoms in total. The SMILES string of the molecule is CCCNc1ccc(S(N)(=O)=O)cc1NS(=O)(=O)c1ccc(C)c(C)c1. The summed E-state index contributed by atoms with van der Waals surface area (Å²) in [5.41, 5.74) is 2.43. The Morgan fingerprint density at radius 2 is 1.54 bits per heavy atom. The van der Waals surface area contributed by atoms with Gasteiger partial charge >= 0.3 is 0 Å². The molecule has 0 amide bonds. The van der Waals surface area contributed by atoms with Gasteiger partial charge in [0.1, 0.15) is 0 Å². The standard InChI is InChI=1S/C17H23N3O4S2/c1-4-9-19-16-8-7-14(25(18,21)22)11-17(16)20-26(23,24)15-6-5-12(2)13(3)10-15/h5-8,10-11,19-20H,4,9H2,1-3H3,(H2,18,21,22). The van der Waals surface area contributed by atoms with Crippen molar-refractivity contribution in [2.45, 2.75) is 37.0 Å². The van der Waals surface area contributed by atoms with Gasteiger partial charge in [-0.25, -0.2) is 22.0 Å². The summed E-state index contributed by atoms with van der Waals surface area (Å²) in [6.45, 7) is 6.28. The number of hydrogen-bond donors (Lipinski definition) is 3. The van der Waals surface area contributed by atoms with Crippen LogP contribution < -0.4 is 15.2 Å². The van der Waals surface area contributed by atoms with E-state index in [1.54, 1.807) is 12.1 Å². The normalized spacial score (nSPS) is 12.0. The van der Waals surface area contributed by atoms with Gasteiger partial charge in [0.2, 0.25) is 10.0 Å². The number of primary sulfonamides is 1. The van der Waals surface area contributed by atoms with Crippen LogP contribution >= 0.6 is 0 Å². The highest BCUT2D eigenvalue weighted by Gasteiger charge is 2.19. The van der Waals surface area contributed by atoms with Crippen molar-refractivity contribution in [3.8, 4) is 0 Å². The molecule has 2 rings (SSSR count). The first-order valence-corrected chi connectivity index (χ1v) is 11.1. The summed E-state index contributed by atoms with van der Waals surface area (Å²) in [6, 6.07) is 8.84. The Bertz CT molecular complexity index is 1020. The Kier molecular flexibility index (Phi) is 5.94. The van der Waals surface area contributed by atoms with Crippen LogP contribution in [0, 0.1) is 13.8 Å². The molecule has 0 aliphatic heterocycles. The number of sulfonamides is 2. The third-order valence-corrected chi connectivity index (χ3v) is 6.19. The number of anilines is 2. The molecule has 4 N–H and O–H groups in total. The molecule has 0 aliphatic carbocycles.